The average molecular weight is 294 g/mol. The second-order valence-electron chi connectivity index (χ2n) is 5.75. The molecule has 1 aliphatic carbocycles. The molecule has 2 aromatic carbocycles. The number of hydrogen-bond donors (Lipinski definition) is 0. The minimum atomic E-state index is 0.474. The fraction of sp³-hybridized carbons (Fsp3) is 0.211. The predicted molar refractivity (Wildman–Crippen MR) is 88.0 cm³/mol. The zero-order valence-corrected chi connectivity index (χ0v) is 12.5. The van der Waals surface area contributed by atoms with Gasteiger partial charge in [-0.15, -0.1) is 0 Å². The first-order valence-corrected chi connectivity index (χ1v) is 7.81. The second kappa shape index (κ2) is 5.16. The van der Waals surface area contributed by atoms with Gasteiger partial charge in [-0.1, -0.05) is 54.1 Å². The molecule has 0 saturated heterocycles. The van der Waals surface area contributed by atoms with Gasteiger partial charge in [0.1, 0.15) is 0 Å². The van der Waals surface area contributed by atoms with Crippen molar-refractivity contribution in [1.82, 2.24) is 4.98 Å². The van der Waals surface area contributed by atoms with Gasteiger partial charge in [-0.3, -0.25) is 4.98 Å². The van der Waals surface area contributed by atoms with E-state index in [1.165, 1.54) is 11.1 Å². The summed E-state index contributed by atoms with van der Waals surface area (Å²) >= 11 is 6.44. The van der Waals surface area contributed by atoms with Gasteiger partial charge in [-0.25, -0.2) is 0 Å². The maximum absolute atomic E-state index is 6.44. The molecular formula is C19H16ClN. The molecule has 0 radical (unpaired) electrons. The first kappa shape index (κ1) is 12.8. The van der Waals surface area contributed by atoms with E-state index in [-0.39, 0.29) is 0 Å². The number of aryl methyl sites for hydroxylation is 1. The van der Waals surface area contributed by atoms with Gasteiger partial charge in [0.05, 0.1) is 10.5 Å². The maximum Gasteiger partial charge on any atom is 0.0720 e. The second-order valence-corrected chi connectivity index (χ2v) is 6.16. The third-order valence-electron chi connectivity index (χ3n) is 4.45. The molecule has 0 aliphatic heterocycles. The molecule has 0 amide bonds. The van der Waals surface area contributed by atoms with E-state index in [4.69, 9.17) is 16.6 Å². The normalized spacial score (nSPS) is 17.7. The number of aromatic nitrogens is 1. The molecule has 1 nitrogen and oxygen atoms in total. The molecule has 0 fully saturated rings. The van der Waals surface area contributed by atoms with Crippen LogP contribution in [-0.4, -0.2) is 4.98 Å². The molecule has 1 atom stereocenters. The number of para-hydroxylation sites is 1. The van der Waals surface area contributed by atoms with Gasteiger partial charge in [0.25, 0.3) is 0 Å². The Bertz CT molecular complexity index is 810. The van der Waals surface area contributed by atoms with Gasteiger partial charge >= 0.3 is 0 Å². The highest BCUT2D eigenvalue weighted by molar-refractivity contribution is 6.35. The van der Waals surface area contributed by atoms with Crippen molar-refractivity contribution < 1.29 is 0 Å². The summed E-state index contributed by atoms with van der Waals surface area (Å²) in [5.41, 5.74) is 5.08. The van der Waals surface area contributed by atoms with E-state index in [1.54, 1.807) is 0 Å². The number of nitrogens with zero attached hydrogens (tertiary/aromatic N) is 1. The molecule has 0 saturated carbocycles. The first-order chi connectivity index (χ1) is 10.3. The Labute approximate surface area is 129 Å². The Morgan fingerprint density at radius 2 is 1.71 bits per heavy atom. The van der Waals surface area contributed by atoms with E-state index in [9.17, 15) is 0 Å². The molecule has 1 aliphatic rings. The third kappa shape index (κ3) is 2.32. The van der Waals surface area contributed by atoms with Crippen molar-refractivity contribution in [3.63, 3.8) is 0 Å². The molecule has 104 valence electrons. The van der Waals surface area contributed by atoms with Crippen LogP contribution in [0, 0.1) is 0 Å². The number of hydrogen-bond acceptors (Lipinski definition) is 1. The van der Waals surface area contributed by atoms with Crippen molar-refractivity contribution in [3.8, 4) is 0 Å². The Hall–Kier alpha value is -1.86. The minimum absolute atomic E-state index is 0.474. The van der Waals surface area contributed by atoms with E-state index in [1.807, 2.05) is 24.3 Å². The van der Waals surface area contributed by atoms with E-state index in [0.717, 1.165) is 40.9 Å². The molecular weight excluding hydrogens is 278 g/mol. The lowest BCUT2D eigenvalue weighted by molar-refractivity contribution is 0.573. The SMILES string of the molecule is Clc1cc([C@H]2CCc3ccccc3C2)nc2ccccc12. The van der Waals surface area contributed by atoms with Crippen molar-refractivity contribution in [2.75, 3.05) is 0 Å². The van der Waals surface area contributed by atoms with Crippen LogP contribution in [0.3, 0.4) is 0 Å². The molecule has 0 N–H and O–H groups in total. The summed E-state index contributed by atoms with van der Waals surface area (Å²) in [5.74, 6) is 0.474. The Kier molecular flexibility index (Phi) is 3.16. The van der Waals surface area contributed by atoms with Crippen LogP contribution in [0.1, 0.15) is 29.2 Å². The van der Waals surface area contributed by atoms with Crippen LogP contribution < -0.4 is 0 Å². The van der Waals surface area contributed by atoms with Crippen LogP contribution >= 0.6 is 11.6 Å². The summed E-state index contributed by atoms with van der Waals surface area (Å²) in [7, 11) is 0. The van der Waals surface area contributed by atoms with Gasteiger partial charge in [0, 0.05) is 17.0 Å². The maximum atomic E-state index is 6.44. The lowest BCUT2D eigenvalue weighted by Crippen LogP contribution is -2.13. The van der Waals surface area contributed by atoms with Crippen LogP contribution in [0.4, 0.5) is 0 Å². The zero-order chi connectivity index (χ0) is 14.2. The third-order valence-corrected chi connectivity index (χ3v) is 4.76. The van der Waals surface area contributed by atoms with E-state index in [0.29, 0.717) is 5.92 Å². The average Bonchev–Trinajstić information content (AvgIpc) is 2.54. The summed E-state index contributed by atoms with van der Waals surface area (Å²) in [6.45, 7) is 0. The number of rotatable bonds is 1. The number of pyridine rings is 1. The lowest BCUT2D eigenvalue weighted by atomic mass is 9.82. The smallest absolute Gasteiger partial charge is 0.0720 e. The quantitative estimate of drug-likeness (QED) is 0.604. The highest BCUT2D eigenvalue weighted by Crippen LogP contribution is 2.34. The molecule has 0 bridgehead atoms. The summed E-state index contributed by atoms with van der Waals surface area (Å²) < 4.78 is 0. The van der Waals surface area contributed by atoms with Crippen molar-refractivity contribution >= 4 is 22.5 Å². The van der Waals surface area contributed by atoms with Crippen molar-refractivity contribution in [2.45, 2.75) is 25.2 Å². The summed E-state index contributed by atoms with van der Waals surface area (Å²) in [6.07, 6.45) is 3.35. The minimum Gasteiger partial charge on any atom is -0.252 e. The zero-order valence-electron chi connectivity index (χ0n) is 11.7. The van der Waals surface area contributed by atoms with Gasteiger partial charge in [-0.2, -0.15) is 0 Å². The topological polar surface area (TPSA) is 12.9 Å². The lowest BCUT2D eigenvalue weighted by Gasteiger charge is -2.24. The largest absolute Gasteiger partial charge is 0.252 e. The monoisotopic (exact) mass is 293 g/mol. The van der Waals surface area contributed by atoms with Gasteiger partial charge in [0.15, 0.2) is 0 Å². The highest BCUT2D eigenvalue weighted by Gasteiger charge is 2.21. The highest BCUT2D eigenvalue weighted by atomic mass is 35.5. The van der Waals surface area contributed by atoms with Crippen molar-refractivity contribution in [2.24, 2.45) is 0 Å². The van der Waals surface area contributed by atoms with Crippen molar-refractivity contribution in [3.05, 3.63) is 76.4 Å². The fourth-order valence-electron chi connectivity index (χ4n) is 3.31. The molecule has 1 heterocycles. The number of benzene rings is 2. The molecule has 4 rings (SSSR count). The van der Waals surface area contributed by atoms with E-state index < -0.39 is 0 Å². The van der Waals surface area contributed by atoms with Gasteiger partial charge < -0.3 is 0 Å². The Morgan fingerprint density at radius 1 is 0.952 bits per heavy atom. The molecule has 21 heavy (non-hydrogen) atoms. The van der Waals surface area contributed by atoms with Crippen molar-refractivity contribution in [1.29, 1.82) is 0 Å². The standard InChI is InChI=1S/C19H16ClN/c20-17-12-19(21-18-8-4-3-7-16(17)18)15-10-9-13-5-1-2-6-14(13)11-15/h1-8,12,15H,9-11H2/t15-/m0/s1. The summed E-state index contributed by atoms with van der Waals surface area (Å²) in [5, 5.41) is 1.86. The predicted octanol–water partition coefficient (Wildman–Crippen LogP) is 5.16. The van der Waals surface area contributed by atoms with Gasteiger partial charge in [0.2, 0.25) is 0 Å². The van der Waals surface area contributed by atoms with Gasteiger partial charge in [-0.05, 0) is 42.5 Å². The summed E-state index contributed by atoms with van der Waals surface area (Å²) in [4.78, 5) is 4.85. The van der Waals surface area contributed by atoms with Crippen LogP contribution in [0.5, 0.6) is 0 Å². The van der Waals surface area contributed by atoms with E-state index >= 15 is 0 Å². The number of fused-ring (bicyclic) bond motifs is 2. The fourth-order valence-corrected chi connectivity index (χ4v) is 3.58. The van der Waals surface area contributed by atoms with Crippen LogP contribution in [0.2, 0.25) is 5.02 Å². The molecule has 2 heteroatoms. The first-order valence-electron chi connectivity index (χ1n) is 7.43. The van der Waals surface area contributed by atoms with Crippen LogP contribution in [0.25, 0.3) is 10.9 Å². The summed E-state index contributed by atoms with van der Waals surface area (Å²) in [6, 6.07) is 18.9. The van der Waals surface area contributed by atoms with Crippen LogP contribution in [-0.2, 0) is 12.8 Å². The molecule has 1 aromatic heterocycles. The van der Waals surface area contributed by atoms with Crippen LogP contribution in [0.15, 0.2) is 54.6 Å². The molecule has 3 aromatic rings. The molecule has 0 spiro atoms. The Balaban J connectivity index is 1.75. The Morgan fingerprint density at radius 3 is 2.62 bits per heavy atom. The number of halogens is 1. The molecule has 0 unspecified atom stereocenters. The van der Waals surface area contributed by atoms with E-state index in [2.05, 4.69) is 30.3 Å².